The van der Waals surface area contributed by atoms with Gasteiger partial charge in [0, 0.05) is 12.2 Å². The fourth-order valence-corrected chi connectivity index (χ4v) is 3.19. The van der Waals surface area contributed by atoms with Crippen molar-refractivity contribution >= 4 is 23.4 Å². The zero-order chi connectivity index (χ0) is 17.6. The minimum absolute atomic E-state index is 0.195. The van der Waals surface area contributed by atoms with E-state index in [2.05, 4.69) is 15.5 Å². The van der Waals surface area contributed by atoms with E-state index >= 15 is 0 Å². The largest absolute Gasteiger partial charge is 0.324 e. The third-order valence-electron chi connectivity index (χ3n) is 3.60. The Hall–Kier alpha value is -2.67. The van der Waals surface area contributed by atoms with Gasteiger partial charge in [-0.15, -0.1) is 10.2 Å². The fourth-order valence-electron chi connectivity index (χ4n) is 2.33. The van der Waals surface area contributed by atoms with Crippen LogP contribution in [0.1, 0.15) is 12.0 Å². The van der Waals surface area contributed by atoms with Crippen LogP contribution in [0, 0.1) is 12.7 Å². The van der Waals surface area contributed by atoms with Crippen LogP contribution >= 0.6 is 11.8 Å². The fraction of sp³-hybridized carbons (Fsp3) is 0.167. The van der Waals surface area contributed by atoms with E-state index in [1.54, 1.807) is 18.5 Å². The molecule has 0 saturated heterocycles. The number of nitrogens with zero attached hydrogens (tertiary/aromatic N) is 3. The van der Waals surface area contributed by atoms with Crippen LogP contribution in [0.25, 0.3) is 5.69 Å². The maximum Gasteiger partial charge on any atom is 0.225 e. The highest BCUT2D eigenvalue weighted by molar-refractivity contribution is 7.99. The first-order valence-electron chi connectivity index (χ1n) is 7.78. The zero-order valence-electron chi connectivity index (χ0n) is 13.6. The molecule has 1 amide bonds. The summed E-state index contributed by atoms with van der Waals surface area (Å²) in [6.45, 7) is 2.02. The molecule has 128 valence electrons. The van der Waals surface area contributed by atoms with Gasteiger partial charge >= 0.3 is 0 Å². The number of nitrogens with one attached hydrogen (secondary N) is 1. The first-order valence-corrected chi connectivity index (χ1v) is 8.77. The minimum atomic E-state index is -0.442. The van der Waals surface area contributed by atoms with Crippen LogP contribution in [0.5, 0.6) is 0 Å². The molecule has 0 spiro atoms. The minimum Gasteiger partial charge on any atom is -0.324 e. The van der Waals surface area contributed by atoms with Crippen molar-refractivity contribution in [2.75, 3.05) is 11.1 Å². The summed E-state index contributed by atoms with van der Waals surface area (Å²) in [7, 11) is 0. The first-order chi connectivity index (χ1) is 12.1. The molecule has 25 heavy (non-hydrogen) atoms. The summed E-state index contributed by atoms with van der Waals surface area (Å²) in [6, 6.07) is 14.1. The lowest BCUT2D eigenvalue weighted by atomic mass is 10.2. The van der Waals surface area contributed by atoms with E-state index in [4.69, 9.17) is 0 Å². The van der Waals surface area contributed by atoms with Gasteiger partial charge in [-0.2, -0.15) is 0 Å². The third kappa shape index (κ3) is 4.24. The molecule has 0 fully saturated rings. The second-order valence-corrected chi connectivity index (χ2v) is 6.46. The number of amides is 1. The van der Waals surface area contributed by atoms with Crippen molar-refractivity contribution in [3.8, 4) is 5.69 Å². The van der Waals surface area contributed by atoms with Gasteiger partial charge < -0.3 is 5.32 Å². The van der Waals surface area contributed by atoms with E-state index in [0.29, 0.717) is 10.9 Å². The summed E-state index contributed by atoms with van der Waals surface area (Å²) < 4.78 is 15.4. The second kappa shape index (κ2) is 7.94. The Morgan fingerprint density at radius 3 is 2.76 bits per heavy atom. The molecule has 1 heterocycles. The number of hydrogen-bond acceptors (Lipinski definition) is 4. The number of anilines is 1. The molecule has 1 aromatic heterocycles. The third-order valence-corrected chi connectivity index (χ3v) is 4.54. The lowest BCUT2D eigenvalue weighted by Gasteiger charge is -2.09. The van der Waals surface area contributed by atoms with E-state index in [9.17, 15) is 9.18 Å². The van der Waals surface area contributed by atoms with Crippen LogP contribution in [0.2, 0.25) is 0 Å². The Labute approximate surface area is 149 Å². The highest BCUT2D eigenvalue weighted by atomic mass is 32.2. The first kappa shape index (κ1) is 17.2. The summed E-state index contributed by atoms with van der Waals surface area (Å²) >= 11 is 1.44. The number of hydrogen-bond donors (Lipinski definition) is 1. The summed E-state index contributed by atoms with van der Waals surface area (Å²) in [5.74, 6) is -0.160. The quantitative estimate of drug-likeness (QED) is 0.682. The normalized spacial score (nSPS) is 10.6. The molecule has 1 N–H and O–H groups in total. The number of aryl methyl sites for hydroxylation is 1. The molecule has 0 aliphatic carbocycles. The number of carbonyl (C=O) groups is 1. The van der Waals surface area contributed by atoms with Crippen LogP contribution in [0.4, 0.5) is 10.1 Å². The zero-order valence-corrected chi connectivity index (χ0v) is 14.5. The number of rotatable bonds is 6. The van der Waals surface area contributed by atoms with E-state index < -0.39 is 5.82 Å². The maximum absolute atomic E-state index is 13.5. The molecule has 0 atom stereocenters. The second-order valence-electron chi connectivity index (χ2n) is 5.40. The van der Waals surface area contributed by atoms with Gasteiger partial charge in [-0.3, -0.25) is 9.36 Å². The Bertz CT molecular complexity index is 881. The summed E-state index contributed by atoms with van der Waals surface area (Å²) in [5, 5.41) is 11.4. The van der Waals surface area contributed by atoms with Gasteiger partial charge in [-0.05, 0) is 30.7 Å². The predicted octanol–water partition coefficient (Wildman–Crippen LogP) is 3.84. The molecule has 0 radical (unpaired) electrons. The molecular weight excluding hydrogens is 339 g/mol. The van der Waals surface area contributed by atoms with Crippen LogP contribution in [-0.2, 0) is 4.79 Å². The number of halogens is 1. The average molecular weight is 356 g/mol. The van der Waals surface area contributed by atoms with Crippen molar-refractivity contribution in [3.05, 3.63) is 66.2 Å². The van der Waals surface area contributed by atoms with E-state index in [1.165, 1.54) is 23.9 Å². The Morgan fingerprint density at radius 1 is 1.20 bits per heavy atom. The Balaban J connectivity index is 1.58. The van der Waals surface area contributed by atoms with Gasteiger partial charge in [-0.1, -0.05) is 42.1 Å². The Morgan fingerprint density at radius 2 is 1.96 bits per heavy atom. The molecule has 0 saturated carbocycles. The highest BCUT2D eigenvalue weighted by Crippen LogP contribution is 2.22. The van der Waals surface area contributed by atoms with E-state index in [1.807, 2.05) is 35.8 Å². The van der Waals surface area contributed by atoms with Crippen molar-refractivity contribution in [3.63, 3.8) is 0 Å². The molecule has 5 nitrogen and oxygen atoms in total. The van der Waals surface area contributed by atoms with E-state index in [0.717, 1.165) is 11.3 Å². The maximum atomic E-state index is 13.5. The highest BCUT2D eigenvalue weighted by Gasteiger charge is 2.11. The SMILES string of the molecule is Cc1ccccc1-n1cnnc1SCCC(=O)Nc1ccccc1F. The van der Waals surface area contributed by atoms with Gasteiger partial charge in [0.1, 0.15) is 12.1 Å². The van der Waals surface area contributed by atoms with Crippen LogP contribution in [0.15, 0.2) is 60.0 Å². The molecule has 0 bridgehead atoms. The number of para-hydroxylation sites is 2. The standard InChI is InChI=1S/C18H17FN4OS/c1-13-6-2-5-9-16(13)23-12-20-22-18(23)25-11-10-17(24)21-15-8-4-3-7-14(15)19/h2-9,12H,10-11H2,1H3,(H,21,24). The molecule has 3 rings (SSSR count). The monoisotopic (exact) mass is 356 g/mol. The van der Waals surface area contributed by atoms with Gasteiger partial charge in [0.15, 0.2) is 5.16 Å². The molecule has 0 unspecified atom stereocenters. The smallest absolute Gasteiger partial charge is 0.225 e. The predicted molar refractivity (Wildman–Crippen MR) is 96.5 cm³/mol. The van der Waals surface area contributed by atoms with Crippen LogP contribution < -0.4 is 5.32 Å². The lowest BCUT2D eigenvalue weighted by molar-refractivity contribution is -0.115. The van der Waals surface area contributed by atoms with Gasteiger partial charge in [-0.25, -0.2) is 4.39 Å². The summed E-state index contributed by atoms with van der Waals surface area (Å²) in [5.41, 5.74) is 2.31. The topological polar surface area (TPSA) is 59.8 Å². The molecule has 0 aliphatic heterocycles. The number of benzene rings is 2. The van der Waals surface area contributed by atoms with Gasteiger partial charge in [0.2, 0.25) is 5.91 Å². The van der Waals surface area contributed by atoms with Crippen molar-refractivity contribution in [2.24, 2.45) is 0 Å². The average Bonchev–Trinajstić information content (AvgIpc) is 3.06. The summed E-state index contributed by atoms with van der Waals surface area (Å²) in [6.07, 6.45) is 1.91. The van der Waals surface area contributed by atoms with Crippen molar-refractivity contribution in [1.82, 2.24) is 14.8 Å². The summed E-state index contributed by atoms with van der Waals surface area (Å²) in [4.78, 5) is 12.0. The lowest BCUT2D eigenvalue weighted by Crippen LogP contribution is -2.13. The van der Waals surface area contributed by atoms with Crippen LogP contribution in [0.3, 0.4) is 0 Å². The number of aromatic nitrogens is 3. The van der Waals surface area contributed by atoms with Crippen molar-refractivity contribution in [2.45, 2.75) is 18.5 Å². The number of thioether (sulfide) groups is 1. The van der Waals surface area contributed by atoms with Crippen molar-refractivity contribution < 1.29 is 9.18 Å². The molecule has 3 aromatic rings. The Kier molecular flexibility index (Phi) is 5.45. The molecule has 2 aromatic carbocycles. The molecule has 7 heteroatoms. The molecular formula is C18H17FN4OS. The van der Waals surface area contributed by atoms with Gasteiger partial charge in [0.05, 0.1) is 11.4 Å². The van der Waals surface area contributed by atoms with E-state index in [-0.39, 0.29) is 18.0 Å². The van der Waals surface area contributed by atoms with Gasteiger partial charge in [0.25, 0.3) is 0 Å². The number of carbonyl (C=O) groups excluding carboxylic acids is 1. The van der Waals surface area contributed by atoms with Crippen molar-refractivity contribution in [1.29, 1.82) is 0 Å². The van der Waals surface area contributed by atoms with Crippen LogP contribution in [-0.4, -0.2) is 26.4 Å². The molecule has 0 aliphatic rings.